The molecular weight excluding hydrogens is 390 g/mol. The van der Waals surface area contributed by atoms with Gasteiger partial charge in [-0.15, -0.1) is 0 Å². The van der Waals surface area contributed by atoms with Crippen LogP contribution >= 0.6 is 0 Å². The first-order chi connectivity index (χ1) is 15.3. The highest BCUT2D eigenvalue weighted by Gasteiger charge is 2.14. The molecular formula is C25H25N3O3. The smallest absolute Gasteiger partial charge is 0.121 e. The lowest BCUT2D eigenvalue weighted by Gasteiger charge is -2.29. The summed E-state index contributed by atoms with van der Waals surface area (Å²) in [5.41, 5.74) is 3.94. The SMILES string of the molecule is OC(COc1cccc(N2CCOCC2)c1)c1ccc2c(cnn2-c2ccccc2)c1. The van der Waals surface area contributed by atoms with E-state index in [1.165, 1.54) is 0 Å². The number of para-hydroxylation sites is 1. The van der Waals surface area contributed by atoms with E-state index in [1.54, 1.807) is 0 Å². The normalized spacial score (nSPS) is 15.2. The van der Waals surface area contributed by atoms with Gasteiger partial charge in [0.25, 0.3) is 0 Å². The van der Waals surface area contributed by atoms with E-state index in [9.17, 15) is 5.11 Å². The highest BCUT2D eigenvalue weighted by molar-refractivity contribution is 5.81. The van der Waals surface area contributed by atoms with E-state index in [4.69, 9.17) is 9.47 Å². The Morgan fingerprint density at radius 1 is 0.935 bits per heavy atom. The molecule has 1 fully saturated rings. The topological polar surface area (TPSA) is 59.8 Å². The Kier molecular flexibility index (Phi) is 5.56. The Morgan fingerprint density at radius 3 is 2.58 bits per heavy atom. The first kappa shape index (κ1) is 19.6. The zero-order valence-electron chi connectivity index (χ0n) is 17.2. The van der Waals surface area contributed by atoms with E-state index in [1.807, 2.05) is 77.6 Å². The average molecular weight is 415 g/mol. The molecule has 1 N–H and O–H groups in total. The van der Waals surface area contributed by atoms with E-state index in [2.05, 4.69) is 16.1 Å². The minimum absolute atomic E-state index is 0.185. The van der Waals surface area contributed by atoms with Crippen molar-refractivity contribution in [2.45, 2.75) is 6.10 Å². The van der Waals surface area contributed by atoms with Gasteiger partial charge in [0.15, 0.2) is 0 Å². The number of benzene rings is 3. The van der Waals surface area contributed by atoms with Gasteiger partial charge < -0.3 is 19.5 Å². The van der Waals surface area contributed by atoms with Crippen LogP contribution < -0.4 is 9.64 Å². The maximum Gasteiger partial charge on any atom is 0.121 e. The quantitative estimate of drug-likeness (QED) is 0.516. The van der Waals surface area contributed by atoms with Crippen LogP contribution in [-0.4, -0.2) is 47.8 Å². The molecule has 3 aromatic carbocycles. The largest absolute Gasteiger partial charge is 0.490 e. The third kappa shape index (κ3) is 4.26. The fourth-order valence-corrected chi connectivity index (χ4v) is 3.90. The van der Waals surface area contributed by atoms with Crippen molar-refractivity contribution in [2.24, 2.45) is 0 Å². The molecule has 158 valence electrons. The third-order valence-electron chi connectivity index (χ3n) is 5.58. The molecule has 1 aliphatic rings. The third-order valence-corrected chi connectivity index (χ3v) is 5.58. The molecule has 31 heavy (non-hydrogen) atoms. The van der Waals surface area contributed by atoms with Gasteiger partial charge in [-0.1, -0.05) is 30.3 Å². The van der Waals surface area contributed by atoms with E-state index in [-0.39, 0.29) is 6.61 Å². The molecule has 5 rings (SSSR count). The lowest BCUT2D eigenvalue weighted by atomic mass is 10.1. The number of fused-ring (bicyclic) bond motifs is 1. The lowest BCUT2D eigenvalue weighted by Crippen LogP contribution is -2.36. The number of aromatic nitrogens is 2. The predicted octanol–water partition coefficient (Wildman–Crippen LogP) is 3.97. The second kappa shape index (κ2) is 8.79. The number of aliphatic hydroxyl groups is 1. The summed E-state index contributed by atoms with van der Waals surface area (Å²) >= 11 is 0. The molecule has 0 amide bonds. The van der Waals surface area contributed by atoms with Gasteiger partial charge in [0, 0.05) is 30.2 Å². The number of aliphatic hydroxyl groups excluding tert-OH is 1. The highest BCUT2D eigenvalue weighted by Crippen LogP contribution is 2.25. The number of ether oxygens (including phenoxy) is 2. The second-order valence-corrected chi connectivity index (χ2v) is 7.63. The Morgan fingerprint density at radius 2 is 1.74 bits per heavy atom. The molecule has 2 heterocycles. The first-order valence-electron chi connectivity index (χ1n) is 10.5. The molecule has 1 unspecified atom stereocenters. The monoisotopic (exact) mass is 415 g/mol. The highest BCUT2D eigenvalue weighted by atomic mass is 16.5. The molecule has 0 saturated carbocycles. The zero-order chi connectivity index (χ0) is 21.0. The number of anilines is 1. The van der Waals surface area contributed by atoms with Crippen LogP contribution in [0.15, 0.2) is 79.0 Å². The molecule has 1 atom stereocenters. The van der Waals surface area contributed by atoms with Crippen LogP contribution in [0.5, 0.6) is 5.75 Å². The summed E-state index contributed by atoms with van der Waals surface area (Å²) in [6.07, 6.45) is 1.10. The van der Waals surface area contributed by atoms with Crippen molar-refractivity contribution in [1.29, 1.82) is 0 Å². The fraction of sp³-hybridized carbons (Fsp3) is 0.240. The predicted molar refractivity (Wildman–Crippen MR) is 121 cm³/mol. The van der Waals surface area contributed by atoms with Crippen molar-refractivity contribution in [3.8, 4) is 11.4 Å². The van der Waals surface area contributed by atoms with Crippen molar-refractivity contribution in [2.75, 3.05) is 37.8 Å². The van der Waals surface area contributed by atoms with Crippen LogP contribution in [0.1, 0.15) is 11.7 Å². The van der Waals surface area contributed by atoms with Crippen LogP contribution in [-0.2, 0) is 4.74 Å². The van der Waals surface area contributed by atoms with E-state index < -0.39 is 6.10 Å². The molecule has 0 aliphatic carbocycles. The standard InChI is InChI=1S/C25H25N3O3/c29-25(18-31-23-8-4-7-22(16-23)27-11-13-30-14-12-27)19-9-10-24-20(15-19)17-26-28(24)21-5-2-1-3-6-21/h1-10,15-17,25,29H,11-14,18H2. The maximum atomic E-state index is 10.7. The Balaban J connectivity index is 1.28. The number of hydrogen-bond acceptors (Lipinski definition) is 5. The van der Waals surface area contributed by atoms with Crippen molar-refractivity contribution in [1.82, 2.24) is 9.78 Å². The molecule has 6 nitrogen and oxygen atoms in total. The number of morpholine rings is 1. The van der Waals surface area contributed by atoms with E-state index in [0.717, 1.165) is 59.9 Å². The first-order valence-corrected chi connectivity index (χ1v) is 10.5. The van der Waals surface area contributed by atoms with Crippen molar-refractivity contribution < 1.29 is 14.6 Å². The van der Waals surface area contributed by atoms with Gasteiger partial charge in [-0.25, -0.2) is 4.68 Å². The summed E-state index contributed by atoms with van der Waals surface area (Å²) in [6.45, 7) is 3.43. The van der Waals surface area contributed by atoms with Gasteiger partial charge in [-0.3, -0.25) is 0 Å². The van der Waals surface area contributed by atoms with Crippen LogP contribution in [0.2, 0.25) is 0 Å². The second-order valence-electron chi connectivity index (χ2n) is 7.63. The molecule has 1 saturated heterocycles. The van der Waals surface area contributed by atoms with Gasteiger partial charge >= 0.3 is 0 Å². The van der Waals surface area contributed by atoms with Gasteiger partial charge in [-0.2, -0.15) is 5.10 Å². The molecule has 1 aliphatic heterocycles. The zero-order valence-corrected chi connectivity index (χ0v) is 17.2. The Bertz CT molecular complexity index is 1150. The van der Waals surface area contributed by atoms with E-state index in [0.29, 0.717) is 0 Å². The summed E-state index contributed by atoms with van der Waals surface area (Å²) in [7, 11) is 0. The van der Waals surface area contributed by atoms with Crippen LogP contribution in [0, 0.1) is 0 Å². The minimum atomic E-state index is -0.725. The molecule has 0 radical (unpaired) electrons. The van der Waals surface area contributed by atoms with E-state index >= 15 is 0 Å². The molecule has 0 spiro atoms. The number of nitrogens with zero attached hydrogens (tertiary/aromatic N) is 3. The Hall–Kier alpha value is -3.35. The van der Waals surface area contributed by atoms with Gasteiger partial charge in [0.2, 0.25) is 0 Å². The summed E-state index contributed by atoms with van der Waals surface area (Å²) < 4.78 is 13.2. The van der Waals surface area contributed by atoms with Crippen molar-refractivity contribution in [3.63, 3.8) is 0 Å². The van der Waals surface area contributed by atoms with Gasteiger partial charge in [-0.05, 0) is 42.0 Å². The van der Waals surface area contributed by atoms with Crippen LogP contribution in [0.4, 0.5) is 5.69 Å². The lowest BCUT2D eigenvalue weighted by molar-refractivity contribution is 0.108. The Labute approximate surface area is 181 Å². The average Bonchev–Trinajstić information content (AvgIpc) is 3.27. The maximum absolute atomic E-state index is 10.7. The molecule has 0 bridgehead atoms. The van der Waals surface area contributed by atoms with Crippen LogP contribution in [0.3, 0.4) is 0 Å². The minimum Gasteiger partial charge on any atom is -0.490 e. The van der Waals surface area contributed by atoms with Crippen LogP contribution in [0.25, 0.3) is 16.6 Å². The van der Waals surface area contributed by atoms with Gasteiger partial charge in [0.1, 0.15) is 18.5 Å². The summed E-state index contributed by atoms with van der Waals surface area (Å²) in [5, 5.41) is 16.2. The van der Waals surface area contributed by atoms with Gasteiger partial charge in [0.05, 0.1) is 30.6 Å². The fourth-order valence-electron chi connectivity index (χ4n) is 3.90. The number of hydrogen-bond donors (Lipinski definition) is 1. The van der Waals surface area contributed by atoms with Crippen molar-refractivity contribution >= 4 is 16.6 Å². The summed E-state index contributed by atoms with van der Waals surface area (Å²) in [5.74, 6) is 0.751. The molecule has 6 heteroatoms. The summed E-state index contributed by atoms with van der Waals surface area (Å²) in [6, 6.07) is 23.9. The molecule has 4 aromatic rings. The summed E-state index contributed by atoms with van der Waals surface area (Å²) in [4.78, 5) is 2.28. The number of rotatable bonds is 6. The molecule has 1 aromatic heterocycles. The van der Waals surface area contributed by atoms with Crippen molar-refractivity contribution in [3.05, 3.63) is 84.6 Å².